The van der Waals surface area contributed by atoms with Gasteiger partial charge in [-0.05, 0) is 23.8 Å². The standard InChI is InChI=1S/C22H20F3NO4/c23-22(24,25)18-9-6-16(7-10-18)8-11-19(27)30-20(17-4-2-1-3-5-17)21(28)26-12-14-29-15-13-26/h1-11,20H,12-15H2/b11-8+. The van der Waals surface area contributed by atoms with E-state index in [1.165, 1.54) is 18.2 Å². The lowest BCUT2D eigenvalue weighted by Crippen LogP contribution is -2.44. The SMILES string of the molecule is O=C(/C=C/c1ccc(C(F)(F)F)cc1)OC(C(=O)N1CCOCC1)c1ccccc1. The Morgan fingerprint density at radius 2 is 1.63 bits per heavy atom. The summed E-state index contributed by atoms with van der Waals surface area (Å²) in [7, 11) is 0. The topological polar surface area (TPSA) is 55.8 Å². The van der Waals surface area contributed by atoms with E-state index in [0.717, 1.165) is 18.2 Å². The van der Waals surface area contributed by atoms with Crippen molar-refractivity contribution in [3.63, 3.8) is 0 Å². The molecular weight excluding hydrogens is 399 g/mol. The molecule has 3 rings (SSSR count). The molecule has 0 radical (unpaired) electrons. The number of hydrogen-bond donors (Lipinski definition) is 0. The maximum atomic E-state index is 12.9. The number of esters is 1. The van der Waals surface area contributed by atoms with Crippen LogP contribution in [0.15, 0.2) is 60.7 Å². The highest BCUT2D eigenvalue weighted by molar-refractivity contribution is 5.91. The Bertz CT molecular complexity index is 889. The first-order chi connectivity index (χ1) is 14.3. The third-order valence-electron chi connectivity index (χ3n) is 4.53. The zero-order valence-electron chi connectivity index (χ0n) is 16.0. The number of carbonyl (C=O) groups excluding carboxylic acids is 2. The van der Waals surface area contributed by atoms with Crippen LogP contribution in [0.2, 0.25) is 0 Å². The predicted octanol–water partition coefficient (Wildman–Crippen LogP) is 3.86. The van der Waals surface area contributed by atoms with Gasteiger partial charge in [0.15, 0.2) is 0 Å². The first-order valence-corrected chi connectivity index (χ1v) is 9.32. The highest BCUT2D eigenvalue weighted by Gasteiger charge is 2.31. The van der Waals surface area contributed by atoms with Crippen molar-refractivity contribution < 1.29 is 32.2 Å². The fourth-order valence-corrected chi connectivity index (χ4v) is 2.94. The molecule has 2 aromatic rings. The van der Waals surface area contributed by atoms with Crippen molar-refractivity contribution in [2.45, 2.75) is 12.3 Å². The van der Waals surface area contributed by atoms with Crippen molar-refractivity contribution in [3.05, 3.63) is 77.4 Å². The fourth-order valence-electron chi connectivity index (χ4n) is 2.94. The van der Waals surface area contributed by atoms with Crippen LogP contribution in [0.5, 0.6) is 0 Å². The molecule has 0 bridgehead atoms. The summed E-state index contributed by atoms with van der Waals surface area (Å²) in [5.41, 5.74) is 0.156. The van der Waals surface area contributed by atoms with Gasteiger partial charge in [-0.3, -0.25) is 4.79 Å². The van der Waals surface area contributed by atoms with E-state index < -0.39 is 23.8 Å². The first kappa shape index (κ1) is 21.6. The fraction of sp³-hybridized carbons (Fsp3) is 0.273. The summed E-state index contributed by atoms with van der Waals surface area (Å²) >= 11 is 0. The summed E-state index contributed by atoms with van der Waals surface area (Å²) in [6, 6.07) is 13.0. The Morgan fingerprint density at radius 3 is 2.23 bits per heavy atom. The summed E-state index contributed by atoms with van der Waals surface area (Å²) in [6.45, 7) is 1.63. The van der Waals surface area contributed by atoms with Crippen molar-refractivity contribution in [3.8, 4) is 0 Å². The second kappa shape index (κ2) is 9.58. The largest absolute Gasteiger partial charge is 0.444 e. The molecule has 0 spiro atoms. The molecule has 8 heteroatoms. The molecule has 0 N–H and O–H groups in total. The minimum atomic E-state index is -4.43. The normalized spacial score (nSPS) is 15.8. The van der Waals surface area contributed by atoms with Crippen LogP contribution >= 0.6 is 0 Å². The summed E-state index contributed by atoms with van der Waals surface area (Å²) in [6.07, 6.45) is -3.12. The van der Waals surface area contributed by atoms with Crippen molar-refractivity contribution >= 4 is 18.0 Å². The molecule has 1 heterocycles. The van der Waals surface area contributed by atoms with E-state index in [-0.39, 0.29) is 5.91 Å². The molecule has 2 aromatic carbocycles. The number of halogens is 3. The maximum Gasteiger partial charge on any atom is 0.416 e. The number of morpholine rings is 1. The molecule has 1 fully saturated rings. The molecule has 158 valence electrons. The van der Waals surface area contributed by atoms with Gasteiger partial charge in [0.2, 0.25) is 6.10 Å². The van der Waals surface area contributed by atoms with Crippen molar-refractivity contribution in [1.82, 2.24) is 4.90 Å². The number of nitrogens with zero attached hydrogens (tertiary/aromatic N) is 1. The number of hydrogen-bond acceptors (Lipinski definition) is 4. The Kier molecular flexibility index (Phi) is 6.89. The molecule has 5 nitrogen and oxygen atoms in total. The van der Waals surface area contributed by atoms with E-state index in [2.05, 4.69) is 0 Å². The van der Waals surface area contributed by atoms with Gasteiger partial charge >= 0.3 is 12.1 Å². The highest BCUT2D eigenvalue weighted by atomic mass is 19.4. The smallest absolute Gasteiger partial charge is 0.416 e. The number of benzene rings is 2. The van der Waals surface area contributed by atoms with E-state index in [9.17, 15) is 22.8 Å². The zero-order valence-corrected chi connectivity index (χ0v) is 16.0. The molecule has 0 aromatic heterocycles. The Morgan fingerprint density at radius 1 is 1.00 bits per heavy atom. The van der Waals surface area contributed by atoms with E-state index in [1.54, 1.807) is 35.2 Å². The van der Waals surface area contributed by atoms with Crippen molar-refractivity contribution in [2.24, 2.45) is 0 Å². The second-order valence-electron chi connectivity index (χ2n) is 6.62. The molecular formula is C22H20F3NO4. The average Bonchev–Trinajstić information content (AvgIpc) is 2.76. The van der Waals surface area contributed by atoms with E-state index >= 15 is 0 Å². The van der Waals surface area contributed by atoms with Gasteiger partial charge in [-0.1, -0.05) is 42.5 Å². The van der Waals surface area contributed by atoms with Crippen molar-refractivity contribution in [1.29, 1.82) is 0 Å². The second-order valence-corrected chi connectivity index (χ2v) is 6.62. The third-order valence-corrected chi connectivity index (χ3v) is 4.53. The molecule has 1 atom stereocenters. The van der Waals surface area contributed by atoms with Crippen LogP contribution in [-0.4, -0.2) is 43.1 Å². The minimum absolute atomic E-state index is 0.346. The number of rotatable bonds is 5. The lowest BCUT2D eigenvalue weighted by atomic mass is 10.1. The van der Waals surface area contributed by atoms with Crippen LogP contribution in [0.1, 0.15) is 22.8 Å². The van der Waals surface area contributed by atoms with Gasteiger partial charge in [-0.15, -0.1) is 0 Å². The summed E-state index contributed by atoms with van der Waals surface area (Å²) in [4.78, 5) is 26.8. The van der Waals surface area contributed by atoms with E-state index in [1.807, 2.05) is 0 Å². The average molecular weight is 419 g/mol. The Hall–Kier alpha value is -3.13. The van der Waals surface area contributed by atoms with Crippen molar-refractivity contribution in [2.75, 3.05) is 26.3 Å². The van der Waals surface area contributed by atoms with Crippen LogP contribution in [0.25, 0.3) is 6.08 Å². The quantitative estimate of drug-likeness (QED) is 0.546. The summed E-state index contributed by atoms with van der Waals surface area (Å²) in [5.74, 6) is -1.12. The molecule has 1 aliphatic rings. The predicted molar refractivity (Wildman–Crippen MR) is 103 cm³/mol. The monoisotopic (exact) mass is 419 g/mol. The van der Waals surface area contributed by atoms with Gasteiger partial charge in [-0.2, -0.15) is 13.2 Å². The first-order valence-electron chi connectivity index (χ1n) is 9.32. The molecule has 1 amide bonds. The van der Waals surface area contributed by atoms with Gasteiger partial charge < -0.3 is 14.4 Å². The third kappa shape index (κ3) is 5.70. The van der Waals surface area contributed by atoms with E-state index in [0.29, 0.717) is 37.4 Å². The maximum absolute atomic E-state index is 12.9. The van der Waals surface area contributed by atoms with Crippen LogP contribution in [0.4, 0.5) is 13.2 Å². The van der Waals surface area contributed by atoms with Crippen LogP contribution in [-0.2, 0) is 25.2 Å². The molecule has 1 unspecified atom stereocenters. The number of amides is 1. The molecule has 1 saturated heterocycles. The van der Waals surface area contributed by atoms with Gasteiger partial charge in [0.05, 0.1) is 18.8 Å². The van der Waals surface area contributed by atoms with Crippen LogP contribution in [0.3, 0.4) is 0 Å². The minimum Gasteiger partial charge on any atom is -0.444 e. The zero-order chi connectivity index (χ0) is 21.6. The van der Waals surface area contributed by atoms with Crippen LogP contribution in [0, 0.1) is 0 Å². The summed E-state index contributed by atoms with van der Waals surface area (Å²) < 4.78 is 48.6. The van der Waals surface area contributed by atoms with E-state index in [4.69, 9.17) is 9.47 Å². The summed E-state index contributed by atoms with van der Waals surface area (Å²) in [5, 5.41) is 0. The Labute approximate surface area is 171 Å². The highest BCUT2D eigenvalue weighted by Crippen LogP contribution is 2.29. The lowest BCUT2D eigenvalue weighted by molar-refractivity contribution is -0.159. The molecule has 0 aliphatic carbocycles. The lowest BCUT2D eigenvalue weighted by Gasteiger charge is -2.30. The van der Waals surface area contributed by atoms with Gasteiger partial charge in [-0.25, -0.2) is 4.79 Å². The molecule has 1 aliphatic heterocycles. The van der Waals surface area contributed by atoms with Gasteiger partial charge in [0.25, 0.3) is 5.91 Å². The van der Waals surface area contributed by atoms with Crippen LogP contribution < -0.4 is 0 Å². The number of ether oxygens (including phenoxy) is 2. The molecule has 0 saturated carbocycles. The Balaban J connectivity index is 1.71. The van der Waals surface area contributed by atoms with Gasteiger partial charge in [0.1, 0.15) is 0 Å². The number of alkyl halides is 3. The molecule has 30 heavy (non-hydrogen) atoms. The van der Waals surface area contributed by atoms with Gasteiger partial charge in [0, 0.05) is 24.7 Å². The number of carbonyl (C=O) groups is 2.